The van der Waals surface area contributed by atoms with Crippen LogP contribution < -0.4 is 14.7 Å². The van der Waals surface area contributed by atoms with Gasteiger partial charge in [-0.05, 0) is 0 Å². The van der Waals surface area contributed by atoms with Gasteiger partial charge in [0.2, 0.25) is 0 Å². The maximum absolute atomic E-state index is 2.45. The van der Waals surface area contributed by atoms with Gasteiger partial charge in [0.25, 0.3) is 0 Å². The van der Waals surface area contributed by atoms with Crippen molar-refractivity contribution in [2.24, 2.45) is 0 Å². The molecule has 3 aliphatic heterocycles. The summed E-state index contributed by atoms with van der Waals surface area (Å²) in [6, 6.07) is 46.1. The van der Waals surface area contributed by atoms with E-state index >= 15 is 0 Å². The van der Waals surface area contributed by atoms with Crippen LogP contribution in [0.15, 0.2) is 152 Å². The Morgan fingerprint density at radius 2 is 0.864 bits per heavy atom. The zero-order valence-electron chi connectivity index (χ0n) is 24.5. The van der Waals surface area contributed by atoms with Crippen molar-refractivity contribution in [2.75, 3.05) is 28.8 Å². The molecule has 0 saturated heterocycles. The van der Waals surface area contributed by atoms with Crippen LogP contribution in [-0.4, -0.2) is 32.2 Å². The van der Waals surface area contributed by atoms with Gasteiger partial charge in [0.15, 0.2) is 0 Å². The second-order valence-corrected chi connectivity index (χ2v) is 13.5. The fraction of sp³-hybridized carbons (Fsp3) is 0.0526. The van der Waals surface area contributed by atoms with Crippen LogP contribution in [0.2, 0.25) is 0 Å². The van der Waals surface area contributed by atoms with Gasteiger partial charge in [-0.1, -0.05) is 0 Å². The zero-order chi connectivity index (χ0) is 29.6. The summed E-state index contributed by atoms with van der Waals surface area (Å²) in [5, 5.41) is 0. The minimum atomic E-state index is -0.528. The minimum absolute atomic E-state index is 0.528. The summed E-state index contributed by atoms with van der Waals surface area (Å²) < 4.78 is 2.63. The maximum atomic E-state index is 2.45. The number of fused-ring (bicyclic) bond motifs is 8. The first-order valence-electron chi connectivity index (χ1n) is 14.6. The summed E-state index contributed by atoms with van der Waals surface area (Å²) in [5.41, 5.74) is 10.4. The number of benzene rings is 5. The molecule has 218 valence electrons. The van der Waals surface area contributed by atoms with E-state index in [9.17, 15) is 0 Å². The van der Waals surface area contributed by atoms with Crippen molar-refractivity contribution < 1.29 is 17.6 Å². The second-order valence-electron chi connectivity index (χ2n) is 10.9. The summed E-state index contributed by atoms with van der Waals surface area (Å²) in [6.07, 6.45) is 8.74. The van der Waals surface area contributed by atoms with Gasteiger partial charge in [-0.15, -0.1) is 0 Å². The van der Waals surface area contributed by atoms with E-state index in [1.54, 1.807) is 0 Å². The van der Waals surface area contributed by atoms with Gasteiger partial charge in [-0.3, -0.25) is 0 Å². The van der Waals surface area contributed by atoms with Crippen molar-refractivity contribution in [3.63, 3.8) is 0 Å². The first kappa shape index (κ1) is 26.6. The van der Waals surface area contributed by atoms with E-state index in [4.69, 9.17) is 0 Å². The molecule has 0 fully saturated rings. The molecule has 8 rings (SSSR count). The number of rotatable bonds is 3. The third-order valence-electron chi connectivity index (χ3n) is 8.09. The molecule has 5 aromatic carbocycles. The van der Waals surface area contributed by atoms with E-state index in [1.165, 1.54) is 30.5 Å². The van der Waals surface area contributed by atoms with Crippen molar-refractivity contribution in [3.05, 3.63) is 152 Å². The van der Waals surface area contributed by atoms with Crippen LogP contribution in [0.5, 0.6) is 0 Å². The Morgan fingerprint density at radius 3 is 1.34 bits per heavy atom. The van der Waals surface area contributed by atoms with Crippen molar-refractivity contribution >= 4 is 36.7 Å². The predicted octanol–water partition coefficient (Wildman–Crippen LogP) is 8.21. The standard InChI is InChI=1S/C38H31N5.Pt/c1-39-22-24-41(28-39)32-16-9-18-34(26-32)43(35-19-10-17-33(27-35)42-25-23-40(2)29-42)38-36(30-12-5-3-6-13-30)20-11-21-37(38)31-14-7-4-8-15-31;/h3-27H,1-2H3;. The van der Waals surface area contributed by atoms with Crippen LogP contribution in [0.1, 0.15) is 0 Å². The SMILES string of the molecule is CN1C=CN2[C]1=[Pt]=[C]1N(C)C=CN1c1cccc(c1)N(c1c(-c3ccccc3)cccc1-c1ccccc1)c1cccc2c1. The molecule has 6 heteroatoms. The summed E-state index contributed by atoms with van der Waals surface area (Å²) in [7, 11) is 4.31. The number of nitrogens with zero attached hydrogens (tertiary/aromatic N) is 5. The van der Waals surface area contributed by atoms with Gasteiger partial charge in [0.1, 0.15) is 0 Å². The Morgan fingerprint density at radius 1 is 0.432 bits per heavy atom. The van der Waals surface area contributed by atoms with Gasteiger partial charge < -0.3 is 0 Å². The van der Waals surface area contributed by atoms with Crippen LogP contribution >= 0.6 is 0 Å². The van der Waals surface area contributed by atoms with Gasteiger partial charge >= 0.3 is 267 Å². The van der Waals surface area contributed by atoms with Crippen LogP contribution in [0.3, 0.4) is 0 Å². The van der Waals surface area contributed by atoms with Crippen molar-refractivity contribution in [3.8, 4) is 22.3 Å². The van der Waals surface area contributed by atoms with Gasteiger partial charge in [0.05, 0.1) is 0 Å². The van der Waals surface area contributed by atoms with Crippen LogP contribution in [-0.2, 0) is 17.6 Å². The van der Waals surface area contributed by atoms with Crippen molar-refractivity contribution in [2.45, 2.75) is 0 Å². The molecular weight excluding hydrogens is 722 g/mol. The van der Waals surface area contributed by atoms with Crippen LogP contribution in [0.25, 0.3) is 22.3 Å². The normalized spacial score (nSPS) is 15.5. The molecule has 5 aromatic rings. The van der Waals surface area contributed by atoms with Crippen LogP contribution in [0.4, 0.5) is 28.4 Å². The summed E-state index contributed by atoms with van der Waals surface area (Å²) in [4.78, 5) is 11.7. The third kappa shape index (κ3) is 4.52. The Balaban J connectivity index is 1.46. The predicted molar refractivity (Wildman–Crippen MR) is 181 cm³/mol. The Hall–Kier alpha value is -4.99. The van der Waals surface area contributed by atoms with E-state index in [0.717, 1.165) is 28.4 Å². The summed E-state index contributed by atoms with van der Waals surface area (Å²) >= 11 is -0.528. The monoisotopic (exact) mass is 752 g/mol. The average Bonchev–Trinajstić information content (AvgIpc) is 3.63. The molecule has 0 aromatic heterocycles. The van der Waals surface area contributed by atoms with Crippen LogP contribution in [0, 0.1) is 0 Å². The fourth-order valence-corrected chi connectivity index (χ4v) is 9.05. The number of hydrogen-bond donors (Lipinski definition) is 0. The molecule has 3 heterocycles. The molecule has 0 atom stereocenters. The van der Waals surface area contributed by atoms with E-state index in [1.807, 2.05) is 0 Å². The number of hydrogen-bond acceptors (Lipinski definition) is 5. The van der Waals surface area contributed by atoms with Gasteiger partial charge in [0, 0.05) is 0 Å². The Bertz CT molecular complexity index is 1870. The quantitative estimate of drug-likeness (QED) is 0.184. The van der Waals surface area contributed by atoms with Crippen molar-refractivity contribution in [1.82, 2.24) is 9.80 Å². The molecule has 0 aliphatic carbocycles. The second kappa shape index (κ2) is 10.9. The molecule has 0 amide bonds. The average molecular weight is 753 g/mol. The van der Waals surface area contributed by atoms with Gasteiger partial charge in [-0.25, -0.2) is 0 Å². The van der Waals surface area contributed by atoms with Gasteiger partial charge in [-0.2, -0.15) is 0 Å². The zero-order valence-corrected chi connectivity index (χ0v) is 26.8. The molecule has 0 saturated carbocycles. The first-order valence-corrected chi connectivity index (χ1v) is 16.9. The van der Waals surface area contributed by atoms with E-state index in [-0.39, 0.29) is 0 Å². The number of para-hydroxylation sites is 1. The first-order chi connectivity index (χ1) is 21.7. The van der Waals surface area contributed by atoms with E-state index in [0.29, 0.717) is 0 Å². The molecular formula is C38H31N5Pt. The summed E-state index contributed by atoms with van der Waals surface area (Å²) in [5.74, 6) is 0. The molecule has 0 spiro atoms. The molecule has 0 N–H and O–H groups in total. The molecule has 0 radical (unpaired) electrons. The third-order valence-corrected chi connectivity index (χ3v) is 11.8. The molecule has 4 bridgehead atoms. The topological polar surface area (TPSA) is 16.2 Å². The molecule has 5 nitrogen and oxygen atoms in total. The number of anilines is 5. The molecule has 3 aliphatic rings. The Labute approximate surface area is 266 Å². The fourth-order valence-electron chi connectivity index (χ4n) is 5.98. The summed E-state index contributed by atoms with van der Waals surface area (Å²) in [6.45, 7) is 0. The molecule has 44 heavy (non-hydrogen) atoms. The Kier molecular flexibility index (Phi) is 6.61. The molecule has 0 unspecified atom stereocenters. The van der Waals surface area contributed by atoms with E-state index < -0.39 is 17.6 Å². The van der Waals surface area contributed by atoms with Crippen molar-refractivity contribution in [1.29, 1.82) is 0 Å². The van der Waals surface area contributed by atoms with E-state index in [2.05, 4.69) is 191 Å².